The van der Waals surface area contributed by atoms with E-state index in [0.29, 0.717) is 29.5 Å². The molecular weight excluding hydrogens is 410 g/mol. The topological polar surface area (TPSA) is 114 Å². The number of imide groups is 1. The second-order valence-corrected chi connectivity index (χ2v) is 9.29. The van der Waals surface area contributed by atoms with Crippen LogP contribution in [-0.4, -0.2) is 60.0 Å². The van der Waals surface area contributed by atoms with E-state index in [2.05, 4.69) is 15.1 Å². The minimum Gasteiger partial charge on any atom is -0.408 e. The average Bonchev–Trinajstić information content (AvgIpc) is 3.14. The normalized spacial score (nSPS) is 24.3. The van der Waals surface area contributed by atoms with Crippen molar-refractivity contribution >= 4 is 28.6 Å². The molecule has 1 aromatic heterocycles. The maximum absolute atomic E-state index is 12.5. The van der Waals surface area contributed by atoms with Gasteiger partial charge in [0, 0.05) is 37.3 Å². The summed E-state index contributed by atoms with van der Waals surface area (Å²) < 4.78 is 6.87. The van der Waals surface area contributed by atoms with Crippen LogP contribution in [0.4, 0.5) is 5.69 Å². The molecular formula is C23H31N5O4. The molecule has 0 spiro atoms. The second kappa shape index (κ2) is 8.71. The molecule has 3 saturated heterocycles. The van der Waals surface area contributed by atoms with Gasteiger partial charge in [0.05, 0.1) is 5.52 Å². The first-order valence-electron chi connectivity index (χ1n) is 11.7. The summed E-state index contributed by atoms with van der Waals surface area (Å²) in [6.45, 7) is 5.03. The van der Waals surface area contributed by atoms with Crippen LogP contribution in [0.15, 0.2) is 27.4 Å². The summed E-state index contributed by atoms with van der Waals surface area (Å²) in [6.07, 6.45) is 5.16. The number of nitrogens with two attached hydrogens (primary N) is 1. The molecule has 0 radical (unpaired) electrons. The molecule has 9 nitrogen and oxygen atoms in total. The van der Waals surface area contributed by atoms with Crippen LogP contribution in [0.3, 0.4) is 0 Å². The number of hydrogen-bond donors (Lipinski definition) is 2. The van der Waals surface area contributed by atoms with Gasteiger partial charge in [-0.2, -0.15) is 0 Å². The number of nitrogens with zero attached hydrogens (tertiary/aromatic N) is 3. The third-order valence-corrected chi connectivity index (χ3v) is 7.45. The SMILES string of the molecule is NCC1CCN(C2CCN(c3ccc4c(c3)oc(=O)n4C3CCC(=O)NC3=O)CC2)CC1. The number of rotatable bonds is 4. The number of carbonyl (C=O) groups is 2. The van der Waals surface area contributed by atoms with Gasteiger partial charge in [-0.25, -0.2) is 4.79 Å². The fourth-order valence-electron chi connectivity index (χ4n) is 5.49. The maximum Gasteiger partial charge on any atom is 0.420 e. The molecule has 0 bridgehead atoms. The van der Waals surface area contributed by atoms with E-state index < -0.39 is 17.7 Å². The van der Waals surface area contributed by atoms with Crippen LogP contribution < -0.4 is 21.7 Å². The number of aromatic nitrogens is 1. The van der Waals surface area contributed by atoms with Crippen molar-refractivity contribution in [3.8, 4) is 0 Å². The van der Waals surface area contributed by atoms with E-state index >= 15 is 0 Å². The number of hydrogen-bond acceptors (Lipinski definition) is 7. The average molecular weight is 442 g/mol. The van der Waals surface area contributed by atoms with Crippen LogP contribution in [0.1, 0.15) is 44.6 Å². The summed E-state index contributed by atoms with van der Waals surface area (Å²) >= 11 is 0. The first-order chi connectivity index (χ1) is 15.5. The molecule has 3 aliphatic heterocycles. The van der Waals surface area contributed by atoms with Crippen LogP contribution in [-0.2, 0) is 9.59 Å². The van der Waals surface area contributed by atoms with Crippen LogP contribution in [0.25, 0.3) is 11.1 Å². The van der Waals surface area contributed by atoms with Gasteiger partial charge in [0.25, 0.3) is 0 Å². The highest BCUT2D eigenvalue weighted by Crippen LogP contribution is 2.29. The molecule has 3 N–H and O–H groups in total. The number of nitrogens with one attached hydrogen (secondary N) is 1. The van der Waals surface area contributed by atoms with Crippen LogP contribution in [0, 0.1) is 5.92 Å². The molecule has 3 fully saturated rings. The van der Waals surface area contributed by atoms with Crippen molar-refractivity contribution in [1.82, 2.24) is 14.8 Å². The van der Waals surface area contributed by atoms with Gasteiger partial charge in [0.15, 0.2) is 5.58 Å². The van der Waals surface area contributed by atoms with Crippen molar-refractivity contribution < 1.29 is 14.0 Å². The zero-order valence-electron chi connectivity index (χ0n) is 18.3. The standard InChI is InChI=1S/C23H31N5O4/c24-14-15-5-9-26(10-6-15)16-7-11-27(12-8-16)17-1-2-18-20(13-17)32-23(31)28(18)19-3-4-21(29)25-22(19)30/h1-2,13,15-16,19H,3-12,14,24H2,(H,25,29,30). The minimum absolute atomic E-state index is 0.215. The molecule has 3 aliphatic rings. The molecule has 4 heterocycles. The largest absolute Gasteiger partial charge is 0.420 e. The van der Waals surface area contributed by atoms with E-state index in [9.17, 15) is 14.4 Å². The highest BCUT2D eigenvalue weighted by Gasteiger charge is 2.32. The van der Waals surface area contributed by atoms with Crippen molar-refractivity contribution in [3.05, 3.63) is 28.7 Å². The van der Waals surface area contributed by atoms with Crippen molar-refractivity contribution in [2.45, 2.75) is 50.6 Å². The Balaban J connectivity index is 1.28. The summed E-state index contributed by atoms with van der Waals surface area (Å²) in [5.41, 5.74) is 7.92. The highest BCUT2D eigenvalue weighted by molar-refractivity contribution is 6.00. The zero-order chi connectivity index (χ0) is 22.2. The quantitative estimate of drug-likeness (QED) is 0.686. The summed E-state index contributed by atoms with van der Waals surface area (Å²) in [4.78, 5) is 41.2. The molecule has 0 saturated carbocycles. The maximum atomic E-state index is 12.5. The number of likely N-dealkylation sites (tertiary alicyclic amines) is 1. The Kier molecular flexibility index (Phi) is 5.77. The Bertz CT molecular complexity index is 1060. The van der Waals surface area contributed by atoms with E-state index in [4.69, 9.17) is 10.2 Å². The van der Waals surface area contributed by atoms with Gasteiger partial charge in [-0.3, -0.25) is 19.5 Å². The monoisotopic (exact) mass is 441 g/mol. The van der Waals surface area contributed by atoms with E-state index in [1.165, 1.54) is 17.4 Å². The summed E-state index contributed by atoms with van der Waals surface area (Å²) in [6, 6.07) is 5.65. The lowest BCUT2D eigenvalue weighted by Gasteiger charge is -2.42. The van der Waals surface area contributed by atoms with Crippen molar-refractivity contribution in [2.75, 3.05) is 37.6 Å². The summed E-state index contributed by atoms with van der Waals surface area (Å²) in [5.74, 6) is -0.638. The first kappa shape index (κ1) is 21.2. The lowest BCUT2D eigenvalue weighted by atomic mass is 9.93. The number of anilines is 1. The van der Waals surface area contributed by atoms with Crippen molar-refractivity contribution in [1.29, 1.82) is 0 Å². The molecule has 5 rings (SSSR count). The predicted octanol–water partition coefficient (Wildman–Crippen LogP) is 1.21. The molecule has 1 unspecified atom stereocenters. The number of carbonyl (C=O) groups excluding carboxylic acids is 2. The molecule has 2 aromatic rings. The molecule has 1 aromatic carbocycles. The number of piperidine rings is 3. The molecule has 172 valence electrons. The lowest BCUT2D eigenvalue weighted by Crippen LogP contribution is -2.48. The third kappa shape index (κ3) is 3.95. The Hall–Kier alpha value is -2.65. The highest BCUT2D eigenvalue weighted by atomic mass is 16.4. The molecule has 32 heavy (non-hydrogen) atoms. The van der Waals surface area contributed by atoms with E-state index in [1.54, 1.807) is 0 Å². The Morgan fingerprint density at radius 3 is 2.44 bits per heavy atom. The number of oxazole rings is 1. The van der Waals surface area contributed by atoms with Gasteiger partial charge in [-0.15, -0.1) is 0 Å². The van der Waals surface area contributed by atoms with E-state index in [-0.39, 0.29) is 12.3 Å². The van der Waals surface area contributed by atoms with E-state index in [0.717, 1.165) is 51.3 Å². The predicted molar refractivity (Wildman–Crippen MR) is 120 cm³/mol. The van der Waals surface area contributed by atoms with Crippen molar-refractivity contribution in [3.63, 3.8) is 0 Å². The molecule has 1 atom stereocenters. The fourth-order valence-corrected chi connectivity index (χ4v) is 5.49. The van der Waals surface area contributed by atoms with Crippen LogP contribution in [0.2, 0.25) is 0 Å². The number of benzene rings is 1. The molecule has 2 amide bonds. The van der Waals surface area contributed by atoms with Gasteiger partial charge in [0.1, 0.15) is 6.04 Å². The lowest BCUT2D eigenvalue weighted by molar-refractivity contribution is -0.135. The fraction of sp³-hybridized carbons (Fsp3) is 0.609. The van der Waals surface area contributed by atoms with Gasteiger partial charge in [-0.05, 0) is 69.8 Å². The molecule has 9 heteroatoms. The summed E-state index contributed by atoms with van der Waals surface area (Å²) in [7, 11) is 0. The number of fused-ring (bicyclic) bond motifs is 1. The van der Waals surface area contributed by atoms with Gasteiger partial charge >= 0.3 is 5.76 Å². The number of amides is 2. The Morgan fingerprint density at radius 1 is 1.00 bits per heavy atom. The minimum atomic E-state index is -0.716. The zero-order valence-corrected chi connectivity index (χ0v) is 18.3. The van der Waals surface area contributed by atoms with Gasteiger partial charge in [0.2, 0.25) is 11.8 Å². The van der Waals surface area contributed by atoms with Gasteiger partial charge in [-0.1, -0.05) is 0 Å². The molecule has 0 aliphatic carbocycles. The third-order valence-electron chi connectivity index (χ3n) is 7.45. The Morgan fingerprint density at radius 2 is 1.75 bits per heavy atom. The second-order valence-electron chi connectivity index (χ2n) is 9.29. The van der Waals surface area contributed by atoms with Crippen molar-refractivity contribution in [2.24, 2.45) is 11.7 Å². The van der Waals surface area contributed by atoms with Gasteiger partial charge < -0.3 is 20.0 Å². The van der Waals surface area contributed by atoms with Crippen LogP contribution >= 0.6 is 0 Å². The Labute approximate surface area is 186 Å². The smallest absolute Gasteiger partial charge is 0.408 e. The van der Waals surface area contributed by atoms with Crippen LogP contribution in [0.5, 0.6) is 0 Å². The van der Waals surface area contributed by atoms with E-state index in [1.807, 2.05) is 18.2 Å². The first-order valence-corrected chi connectivity index (χ1v) is 11.7. The summed E-state index contributed by atoms with van der Waals surface area (Å²) in [5, 5.41) is 2.31.